The average Bonchev–Trinajstić information content (AvgIpc) is 2.53. The minimum atomic E-state index is -0.507. The van der Waals surface area contributed by atoms with Gasteiger partial charge < -0.3 is 14.2 Å². The Balaban J connectivity index is 4.72. The third-order valence-corrected chi connectivity index (χ3v) is 5.65. The number of carbonyl (C=O) groups is 1. The molecular formula is C20H40O4. The molecule has 0 aromatic rings. The summed E-state index contributed by atoms with van der Waals surface area (Å²) in [6.07, 6.45) is 2.79. The van der Waals surface area contributed by atoms with Gasteiger partial charge in [-0.3, -0.25) is 4.79 Å². The molecule has 0 aromatic heterocycles. The summed E-state index contributed by atoms with van der Waals surface area (Å²) in [7, 11) is 0. The van der Waals surface area contributed by atoms with Gasteiger partial charge in [-0.1, -0.05) is 48.0 Å². The lowest BCUT2D eigenvalue weighted by Gasteiger charge is -2.45. The first-order valence-electron chi connectivity index (χ1n) is 9.39. The fourth-order valence-corrected chi connectivity index (χ4v) is 2.78. The predicted octanol–water partition coefficient (Wildman–Crippen LogP) is 4.85. The van der Waals surface area contributed by atoms with Gasteiger partial charge in [0.25, 0.3) is 0 Å². The van der Waals surface area contributed by atoms with Gasteiger partial charge in [-0.2, -0.15) is 0 Å². The molecule has 0 spiro atoms. The molecular weight excluding hydrogens is 304 g/mol. The number of carbonyl (C=O) groups excluding carboxylic acids is 1. The van der Waals surface area contributed by atoms with Crippen LogP contribution in [0.4, 0.5) is 0 Å². The molecule has 144 valence electrons. The van der Waals surface area contributed by atoms with Gasteiger partial charge >= 0.3 is 5.97 Å². The Hall–Kier alpha value is -0.610. The number of rotatable bonds is 13. The molecule has 0 bridgehead atoms. The van der Waals surface area contributed by atoms with E-state index in [0.717, 1.165) is 19.3 Å². The van der Waals surface area contributed by atoms with Crippen LogP contribution in [0.1, 0.15) is 74.7 Å². The summed E-state index contributed by atoms with van der Waals surface area (Å²) in [6.45, 7) is 19.6. The summed E-state index contributed by atoms with van der Waals surface area (Å²) in [5.74, 6) is -0.107. The standard InChI is InChI=1S/C20H40O4/c1-9-18(4,5)16-20(8,19(6,7)10-2)17(21)24-15-14-23-13-12-22-11-3/h9-16H2,1-8H3. The summed E-state index contributed by atoms with van der Waals surface area (Å²) in [5.41, 5.74) is -0.521. The van der Waals surface area contributed by atoms with Gasteiger partial charge in [-0.15, -0.1) is 0 Å². The Morgan fingerprint density at radius 2 is 1.33 bits per heavy atom. The van der Waals surface area contributed by atoms with Crippen molar-refractivity contribution in [2.45, 2.75) is 74.7 Å². The second kappa shape index (κ2) is 10.4. The maximum Gasteiger partial charge on any atom is 0.312 e. The molecule has 0 rings (SSSR count). The highest BCUT2D eigenvalue weighted by molar-refractivity contribution is 5.77. The van der Waals surface area contributed by atoms with Crippen molar-refractivity contribution in [1.29, 1.82) is 0 Å². The fraction of sp³-hybridized carbons (Fsp3) is 0.950. The molecule has 1 unspecified atom stereocenters. The van der Waals surface area contributed by atoms with Crippen LogP contribution in [0.2, 0.25) is 0 Å². The van der Waals surface area contributed by atoms with Gasteiger partial charge in [-0.05, 0) is 37.5 Å². The third kappa shape index (κ3) is 7.10. The second-order valence-corrected chi connectivity index (χ2v) is 8.21. The molecule has 0 saturated heterocycles. The third-order valence-electron chi connectivity index (χ3n) is 5.65. The molecule has 0 aliphatic heterocycles. The zero-order valence-corrected chi connectivity index (χ0v) is 17.3. The normalized spacial score (nSPS) is 15.2. The quantitative estimate of drug-likeness (QED) is 0.354. The molecule has 0 amide bonds. The van der Waals surface area contributed by atoms with Crippen molar-refractivity contribution in [3.05, 3.63) is 0 Å². The summed E-state index contributed by atoms with van der Waals surface area (Å²) < 4.78 is 16.2. The number of esters is 1. The van der Waals surface area contributed by atoms with Crippen LogP contribution in [-0.4, -0.2) is 39.0 Å². The lowest BCUT2D eigenvalue weighted by Crippen LogP contribution is -2.46. The van der Waals surface area contributed by atoms with E-state index >= 15 is 0 Å². The molecule has 0 aliphatic rings. The van der Waals surface area contributed by atoms with Crippen molar-refractivity contribution in [1.82, 2.24) is 0 Å². The van der Waals surface area contributed by atoms with Gasteiger partial charge in [0.2, 0.25) is 0 Å². The summed E-state index contributed by atoms with van der Waals surface area (Å²) >= 11 is 0. The van der Waals surface area contributed by atoms with Crippen molar-refractivity contribution in [2.24, 2.45) is 16.2 Å². The molecule has 24 heavy (non-hydrogen) atoms. The van der Waals surface area contributed by atoms with Crippen molar-refractivity contribution in [2.75, 3.05) is 33.0 Å². The molecule has 0 saturated carbocycles. The van der Waals surface area contributed by atoms with E-state index in [1.807, 2.05) is 6.92 Å². The molecule has 0 aliphatic carbocycles. The highest BCUT2D eigenvalue weighted by Crippen LogP contribution is 2.50. The van der Waals surface area contributed by atoms with Crippen molar-refractivity contribution < 1.29 is 19.0 Å². The molecule has 0 heterocycles. The number of hydrogen-bond acceptors (Lipinski definition) is 4. The Labute approximate surface area is 149 Å². The highest BCUT2D eigenvalue weighted by Gasteiger charge is 2.49. The average molecular weight is 345 g/mol. The Bertz CT molecular complexity index is 363. The maximum atomic E-state index is 12.9. The van der Waals surface area contributed by atoms with Gasteiger partial charge in [0.1, 0.15) is 6.61 Å². The smallest absolute Gasteiger partial charge is 0.312 e. The fourth-order valence-electron chi connectivity index (χ4n) is 2.78. The highest BCUT2D eigenvalue weighted by atomic mass is 16.6. The molecule has 1 atom stereocenters. The number of ether oxygens (including phenoxy) is 3. The summed E-state index contributed by atoms with van der Waals surface area (Å²) in [4.78, 5) is 12.9. The van der Waals surface area contributed by atoms with Crippen LogP contribution in [0.25, 0.3) is 0 Å². The monoisotopic (exact) mass is 344 g/mol. The lowest BCUT2D eigenvalue weighted by atomic mass is 9.58. The molecule has 0 N–H and O–H groups in total. The van der Waals surface area contributed by atoms with E-state index in [2.05, 4.69) is 48.5 Å². The topological polar surface area (TPSA) is 44.8 Å². The Kier molecular flexibility index (Phi) is 10.1. The Morgan fingerprint density at radius 1 is 0.792 bits per heavy atom. The Morgan fingerprint density at radius 3 is 1.83 bits per heavy atom. The van der Waals surface area contributed by atoms with Crippen LogP contribution < -0.4 is 0 Å². The van der Waals surface area contributed by atoms with Gasteiger partial charge in [0.05, 0.1) is 25.2 Å². The predicted molar refractivity (Wildman–Crippen MR) is 99.1 cm³/mol. The van der Waals surface area contributed by atoms with Crippen molar-refractivity contribution in [3.63, 3.8) is 0 Å². The van der Waals surface area contributed by atoms with E-state index in [1.54, 1.807) is 0 Å². The minimum Gasteiger partial charge on any atom is -0.463 e. The van der Waals surface area contributed by atoms with E-state index in [4.69, 9.17) is 14.2 Å². The largest absolute Gasteiger partial charge is 0.463 e. The van der Waals surface area contributed by atoms with Crippen LogP contribution in [0.15, 0.2) is 0 Å². The zero-order valence-electron chi connectivity index (χ0n) is 17.3. The second-order valence-electron chi connectivity index (χ2n) is 8.21. The van der Waals surface area contributed by atoms with Crippen molar-refractivity contribution >= 4 is 5.97 Å². The van der Waals surface area contributed by atoms with Crippen LogP contribution in [0.5, 0.6) is 0 Å². The number of hydrogen-bond donors (Lipinski definition) is 0. The van der Waals surface area contributed by atoms with Crippen LogP contribution in [0.3, 0.4) is 0 Å². The SMILES string of the molecule is CCOCCOCCOC(=O)C(C)(CC(C)(C)CC)C(C)(C)CC. The van der Waals surface area contributed by atoms with Gasteiger partial charge in [-0.25, -0.2) is 0 Å². The molecule has 4 heteroatoms. The van der Waals surface area contributed by atoms with E-state index in [9.17, 15) is 4.79 Å². The zero-order chi connectivity index (χ0) is 18.9. The van der Waals surface area contributed by atoms with Gasteiger partial charge in [0, 0.05) is 6.61 Å². The first-order chi connectivity index (χ1) is 11.1. The van der Waals surface area contributed by atoms with Crippen molar-refractivity contribution in [3.8, 4) is 0 Å². The van der Waals surface area contributed by atoms with Gasteiger partial charge in [0.15, 0.2) is 0 Å². The summed E-state index contributed by atoms with van der Waals surface area (Å²) in [5, 5.41) is 0. The van der Waals surface area contributed by atoms with E-state index in [-0.39, 0.29) is 16.8 Å². The molecule has 0 fully saturated rings. The van der Waals surface area contributed by atoms with Crippen LogP contribution in [-0.2, 0) is 19.0 Å². The van der Waals surface area contributed by atoms with Crippen LogP contribution in [0, 0.1) is 16.2 Å². The lowest BCUT2D eigenvalue weighted by molar-refractivity contribution is -0.167. The molecule has 0 aromatic carbocycles. The maximum absolute atomic E-state index is 12.9. The first-order valence-corrected chi connectivity index (χ1v) is 9.39. The van der Waals surface area contributed by atoms with E-state index in [0.29, 0.717) is 33.0 Å². The molecule has 0 radical (unpaired) electrons. The van der Waals surface area contributed by atoms with Crippen LogP contribution >= 0.6 is 0 Å². The summed E-state index contributed by atoms with van der Waals surface area (Å²) in [6, 6.07) is 0. The van der Waals surface area contributed by atoms with E-state index in [1.165, 1.54) is 0 Å². The van der Waals surface area contributed by atoms with E-state index < -0.39 is 5.41 Å². The molecule has 4 nitrogen and oxygen atoms in total. The first kappa shape index (κ1) is 23.4. The minimum absolute atomic E-state index is 0.105.